The summed E-state index contributed by atoms with van der Waals surface area (Å²) in [5.41, 5.74) is 1.42. The summed E-state index contributed by atoms with van der Waals surface area (Å²) in [5, 5.41) is 3.38. The number of benzene rings is 2. The molecule has 0 radical (unpaired) electrons. The van der Waals surface area contributed by atoms with Crippen LogP contribution in [0.5, 0.6) is 11.5 Å². The molecule has 0 saturated carbocycles. The van der Waals surface area contributed by atoms with E-state index in [0.29, 0.717) is 29.5 Å². The molecule has 1 heterocycles. The van der Waals surface area contributed by atoms with Gasteiger partial charge in [-0.2, -0.15) is 0 Å². The summed E-state index contributed by atoms with van der Waals surface area (Å²) < 4.78 is 11.1. The van der Waals surface area contributed by atoms with Gasteiger partial charge in [-0.1, -0.05) is 29.8 Å². The Hall–Kier alpha value is -2.20. The fourth-order valence-electron chi connectivity index (χ4n) is 2.33. The zero-order valence-corrected chi connectivity index (χ0v) is 12.9. The van der Waals surface area contributed by atoms with Gasteiger partial charge in [0, 0.05) is 0 Å². The number of hydrogen-bond acceptors (Lipinski definition) is 3. The van der Waals surface area contributed by atoms with Crippen molar-refractivity contribution in [3.8, 4) is 11.5 Å². The standard InChI is InChI=1S/C17H16ClNO3/c1-11(19-17(20)13-4-2-3-5-14(13)18)12-6-7-15-16(10-12)22-9-8-21-15/h2-7,10-11H,8-9H2,1H3,(H,19,20)/t11-/m0/s1. The third-order valence-corrected chi connectivity index (χ3v) is 3.86. The minimum atomic E-state index is -0.201. The number of rotatable bonds is 3. The van der Waals surface area contributed by atoms with Gasteiger partial charge in [-0.3, -0.25) is 4.79 Å². The van der Waals surface area contributed by atoms with Crippen molar-refractivity contribution >= 4 is 17.5 Å². The molecule has 0 aromatic heterocycles. The highest BCUT2D eigenvalue weighted by Gasteiger charge is 2.17. The molecular weight excluding hydrogens is 302 g/mol. The molecule has 5 heteroatoms. The molecule has 22 heavy (non-hydrogen) atoms. The van der Waals surface area contributed by atoms with Crippen molar-refractivity contribution in [1.29, 1.82) is 0 Å². The number of fused-ring (bicyclic) bond motifs is 1. The summed E-state index contributed by atoms with van der Waals surface area (Å²) in [6, 6.07) is 12.5. The second kappa shape index (κ2) is 6.28. The van der Waals surface area contributed by atoms with Crippen molar-refractivity contribution in [2.75, 3.05) is 13.2 Å². The number of carbonyl (C=O) groups is 1. The first kappa shape index (κ1) is 14.7. The lowest BCUT2D eigenvalue weighted by molar-refractivity contribution is 0.0940. The predicted octanol–water partition coefficient (Wildman–Crippen LogP) is 3.60. The van der Waals surface area contributed by atoms with E-state index in [9.17, 15) is 4.79 Å². The van der Waals surface area contributed by atoms with Gasteiger partial charge in [0.05, 0.1) is 16.6 Å². The van der Waals surface area contributed by atoms with Crippen LogP contribution in [0.3, 0.4) is 0 Å². The first-order chi connectivity index (χ1) is 10.6. The van der Waals surface area contributed by atoms with Crippen LogP contribution in [0, 0.1) is 0 Å². The minimum absolute atomic E-state index is 0.167. The molecule has 0 fully saturated rings. The Labute approximate surface area is 134 Å². The summed E-state index contributed by atoms with van der Waals surface area (Å²) in [4.78, 5) is 12.3. The Kier molecular flexibility index (Phi) is 4.20. The highest BCUT2D eigenvalue weighted by Crippen LogP contribution is 2.32. The van der Waals surface area contributed by atoms with Crippen LogP contribution in [0.2, 0.25) is 5.02 Å². The zero-order valence-electron chi connectivity index (χ0n) is 12.1. The third kappa shape index (κ3) is 3.02. The van der Waals surface area contributed by atoms with Crippen LogP contribution in [0.1, 0.15) is 28.9 Å². The number of carbonyl (C=O) groups excluding carboxylic acids is 1. The first-order valence-corrected chi connectivity index (χ1v) is 7.48. The highest BCUT2D eigenvalue weighted by atomic mass is 35.5. The van der Waals surface area contributed by atoms with E-state index in [1.54, 1.807) is 24.3 Å². The van der Waals surface area contributed by atoms with Crippen LogP contribution in [0.25, 0.3) is 0 Å². The van der Waals surface area contributed by atoms with Crippen molar-refractivity contribution in [3.05, 3.63) is 58.6 Å². The molecule has 0 unspecified atom stereocenters. The number of ether oxygens (including phenoxy) is 2. The molecular formula is C17H16ClNO3. The Balaban J connectivity index is 1.76. The second-order valence-electron chi connectivity index (χ2n) is 5.08. The van der Waals surface area contributed by atoms with Crippen LogP contribution in [0.4, 0.5) is 0 Å². The summed E-state index contributed by atoms with van der Waals surface area (Å²) in [7, 11) is 0. The predicted molar refractivity (Wildman–Crippen MR) is 84.8 cm³/mol. The maximum Gasteiger partial charge on any atom is 0.253 e. The topological polar surface area (TPSA) is 47.6 Å². The molecule has 1 atom stereocenters. The molecule has 0 aliphatic carbocycles. The molecule has 1 aliphatic heterocycles. The monoisotopic (exact) mass is 317 g/mol. The molecule has 3 rings (SSSR count). The Morgan fingerprint density at radius 3 is 2.64 bits per heavy atom. The third-order valence-electron chi connectivity index (χ3n) is 3.53. The lowest BCUT2D eigenvalue weighted by Gasteiger charge is -2.21. The lowest BCUT2D eigenvalue weighted by atomic mass is 10.1. The fourth-order valence-corrected chi connectivity index (χ4v) is 2.55. The molecule has 2 aromatic rings. The molecule has 2 aromatic carbocycles. The molecule has 114 valence electrons. The normalized spacial score (nSPS) is 14.3. The van der Waals surface area contributed by atoms with Gasteiger partial charge in [0.25, 0.3) is 5.91 Å². The Bertz CT molecular complexity index is 702. The van der Waals surface area contributed by atoms with Crippen LogP contribution in [0.15, 0.2) is 42.5 Å². The number of hydrogen-bond donors (Lipinski definition) is 1. The van der Waals surface area contributed by atoms with Crippen LogP contribution in [-0.4, -0.2) is 19.1 Å². The van der Waals surface area contributed by atoms with E-state index < -0.39 is 0 Å². The Morgan fingerprint density at radius 2 is 1.86 bits per heavy atom. The summed E-state index contributed by atoms with van der Waals surface area (Å²) in [6.07, 6.45) is 0. The van der Waals surface area contributed by atoms with Gasteiger partial charge in [-0.25, -0.2) is 0 Å². The molecule has 1 N–H and O–H groups in total. The van der Waals surface area contributed by atoms with Crippen LogP contribution >= 0.6 is 11.6 Å². The molecule has 1 aliphatic rings. The molecule has 4 nitrogen and oxygen atoms in total. The average molecular weight is 318 g/mol. The van der Waals surface area contributed by atoms with E-state index in [1.807, 2.05) is 25.1 Å². The average Bonchev–Trinajstić information content (AvgIpc) is 2.54. The van der Waals surface area contributed by atoms with Crippen molar-refractivity contribution < 1.29 is 14.3 Å². The summed E-state index contributed by atoms with van der Waals surface area (Å²) in [6.45, 7) is 3.02. The number of halogens is 1. The maximum atomic E-state index is 12.3. The van der Waals surface area contributed by atoms with Crippen molar-refractivity contribution in [1.82, 2.24) is 5.32 Å². The quantitative estimate of drug-likeness (QED) is 0.941. The van der Waals surface area contributed by atoms with E-state index in [-0.39, 0.29) is 11.9 Å². The van der Waals surface area contributed by atoms with Gasteiger partial charge < -0.3 is 14.8 Å². The Morgan fingerprint density at radius 1 is 1.14 bits per heavy atom. The fraction of sp³-hybridized carbons (Fsp3) is 0.235. The van der Waals surface area contributed by atoms with E-state index in [0.717, 1.165) is 11.3 Å². The number of amides is 1. The molecule has 0 saturated heterocycles. The highest BCUT2D eigenvalue weighted by molar-refractivity contribution is 6.33. The first-order valence-electron chi connectivity index (χ1n) is 7.10. The maximum absolute atomic E-state index is 12.3. The summed E-state index contributed by atoms with van der Waals surface area (Å²) in [5.74, 6) is 1.25. The van der Waals surface area contributed by atoms with E-state index in [4.69, 9.17) is 21.1 Å². The van der Waals surface area contributed by atoms with Crippen LogP contribution < -0.4 is 14.8 Å². The van der Waals surface area contributed by atoms with Crippen molar-refractivity contribution in [3.63, 3.8) is 0 Å². The molecule has 1 amide bonds. The molecule has 0 spiro atoms. The van der Waals surface area contributed by atoms with Gasteiger partial charge >= 0.3 is 0 Å². The second-order valence-corrected chi connectivity index (χ2v) is 5.49. The van der Waals surface area contributed by atoms with E-state index in [1.165, 1.54) is 0 Å². The van der Waals surface area contributed by atoms with E-state index in [2.05, 4.69) is 5.32 Å². The lowest BCUT2D eigenvalue weighted by Crippen LogP contribution is -2.27. The van der Waals surface area contributed by atoms with Crippen molar-refractivity contribution in [2.45, 2.75) is 13.0 Å². The SMILES string of the molecule is C[C@H](NC(=O)c1ccccc1Cl)c1ccc2c(c1)OCCO2. The van der Waals surface area contributed by atoms with Gasteiger partial charge in [0.15, 0.2) is 11.5 Å². The van der Waals surface area contributed by atoms with Gasteiger partial charge in [-0.05, 0) is 36.8 Å². The van der Waals surface area contributed by atoms with Crippen molar-refractivity contribution in [2.24, 2.45) is 0 Å². The van der Waals surface area contributed by atoms with Gasteiger partial charge in [-0.15, -0.1) is 0 Å². The van der Waals surface area contributed by atoms with Gasteiger partial charge in [0.1, 0.15) is 13.2 Å². The largest absolute Gasteiger partial charge is 0.486 e. The molecule has 0 bridgehead atoms. The smallest absolute Gasteiger partial charge is 0.253 e. The summed E-state index contributed by atoms with van der Waals surface area (Å²) >= 11 is 6.05. The van der Waals surface area contributed by atoms with Gasteiger partial charge in [0.2, 0.25) is 0 Å². The zero-order chi connectivity index (χ0) is 15.5. The minimum Gasteiger partial charge on any atom is -0.486 e. The van der Waals surface area contributed by atoms with E-state index >= 15 is 0 Å². The van der Waals surface area contributed by atoms with Crippen LogP contribution in [-0.2, 0) is 0 Å². The number of nitrogens with one attached hydrogen (secondary N) is 1.